The molecule has 0 amide bonds. The SMILES string of the molecule is COc1ccc2c(=O)cc(-c3nc(C(C)C)cs3)[nH]c2c1C.COc1ccc2c(Cl)cc(-c3nc(C(C)C)cs3)nc2c1C. The molecule has 4 aromatic heterocycles. The maximum atomic E-state index is 12.4. The monoisotopic (exact) mass is 646 g/mol. The highest BCUT2D eigenvalue weighted by Gasteiger charge is 2.15. The summed E-state index contributed by atoms with van der Waals surface area (Å²) in [5.74, 6) is 2.36. The number of aryl methyl sites for hydroxylation is 2. The minimum absolute atomic E-state index is 0.00389. The summed E-state index contributed by atoms with van der Waals surface area (Å²) in [5, 5.41) is 8.15. The maximum absolute atomic E-state index is 12.4. The minimum atomic E-state index is -0.00389. The van der Waals surface area contributed by atoms with Gasteiger partial charge >= 0.3 is 0 Å². The number of thiazole rings is 2. The topological polar surface area (TPSA) is 90.0 Å². The Labute approximate surface area is 269 Å². The second-order valence-corrected chi connectivity index (χ2v) is 13.2. The van der Waals surface area contributed by atoms with E-state index in [1.165, 1.54) is 0 Å². The second-order valence-electron chi connectivity index (χ2n) is 11.1. The fourth-order valence-electron chi connectivity index (χ4n) is 4.82. The largest absolute Gasteiger partial charge is 0.496 e. The smallest absolute Gasteiger partial charge is 0.190 e. The molecule has 0 atom stereocenters. The van der Waals surface area contributed by atoms with Crippen LogP contribution < -0.4 is 14.9 Å². The van der Waals surface area contributed by atoms with E-state index in [0.717, 1.165) is 71.8 Å². The average molecular weight is 647 g/mol. The predicted octanol–water partition coefficient (Wildman–Crippen LogP) is 9.54. The van der Waals surface area contributed by atoms with Gasteiger partial charge in [0.05, 0.1) is 47.4 Å². The molecule has 2 aromatic carbocycles. The van der Waals surface area contributed by atoms with Crippen molar-refractivity contribution >= 4 is 56.1 Å². The summed E-state index contributed by atoms with van der Waals surface area (Å²) in [6, 6.07) is 11.0. The van der Waals surface area contributed by atoms with Gasteiger partial charge in [0.25, 0.3) is 0 Å². The molecule has 6 rings (SSSR count). The van der Waals surface area contributed by atoms with Crippen molar-refractivity contribution in [3.8, 4) is 32.9 Å². The van der Waals surface area contributed by atoms with E-state index in [1.54, 1.807) is 49.0 Å². The van der Waals surface area contributed by atoms with E-state index < -0.39 is 0 Å². The molecule has 0 saturated carbocycles. The molecule has 1 N–H and O–H groups in total. The normalized spacial score (nSPS) is 11.3. The first-order valence-corrected chi connectivity index (χ1v) is 16.4. The molecule has 4 heterocycles. The van der Waals surface area contributed by atoms with Crippen molar-refractivity contribution < 1.29 is 9.47 Å². The van der Waals surface area contributed by atoms with Crippen LogP contribution in [0.2, 0.25) is 5.02 Å². The molecule has 0 bridgehead atoms. The zero-order valence-electron chi connectivity index (χ0n) is 26.0. The number of hydrogen-bond acceptors (Lipinski definition) is 8. The zero-order valence-corrected chi connectivity index (χ0v) is 28.4. The standard InChI is InChI=1S/C17H17ClN2OS.C17H18N2O2S/c1-9(2)14-8-22-17(20-14)13-7-12(18)11-5-6-15(21-4)10(3)16(11)19-13;1-9(2)13-8-22-17(19-13)12-7-14(20)11-5-6-15(21-4)10(3)16(11)18-12/h5-9H,1-4H3;5-9H,1-4H3,(H,18,20). The Morgan fingerprint density at radius 3 is 1.93 bits per heavy atom. The van der Waals surface area contributed by atoms with Gasteiger partial charge < -0.3 is 14.5 Å². The van der Waals surface area contributed by atoms with Gasteiger partial charge in [-0.2, -0.15) is 0 Å². The Morgan fingerprint density at radius 1 is 0.773 bits per heavy atom. The summed E-state index contributed by atoms with van der Waals surface area (Å²) in [7, 11) is 3.29. The van der Waals surface area contributed by atoms with E-state index in [1.807, 2.05) is 43.5 Å². The number of pyridine rings is 2. The predicted molar refractivity (Wildman–Crippen MR) is 184 cm³/mol. The van der Waals surface area contributed by atoms with Crippen LogP contribution in [0.25, 0.3) is 43.2 Å². The first-order chi connectivity index (χ1) is 21.0. The van der Waals surface area contributed by atoms with E-state index in [4.69, 9.17) is 26.1 Å². The highest BCUT2D eigenvalue weighted by molar-refractivity contribution is 7.13. The molecule has 0 aliphatic heterocycles. The Kier molecular flexibility index (Phi) is 9.39. The van der Waals surface area contributed by atoms with Gasteiger partial charge in [0.2, 0.25) is 0 Å². The van der Waals surface area contributed by atoms with Crippen LogP contribution in [0.4, 0.5) is 0 Å². The lowest BCUT2D eigenvalue weighted by atomic mass is 10.1. The zero-order chi connectivity index (χ0) is 31.7. The van der Waals surface area contributed by atoms with Crippen LogP contribution in [0.1, 0.15) is 62.0 Å². The molecule has 10 heteroatoms. The number of hydrogen-bond donors (Lipinski definition) is 1. The highest BCUT2D eigenvalue weighted by Crippen LogP contribution is 2.35. The third-order valence-electron chi connectivity index (χ3n) is 7.47. The molecular formula is C34H35ClN4O3S2. The number of ether oxygens (including phenoxy) is 2. The third kappa shape index (κ3) is 6.22. The van der Waals surface area contributed by atoms with E-state index in [0.29, 0.717) is 22.2 Å². The van der Waals surface area contributed by atoms with Crippen molar-refractivity contribution in [2.45, 2.75) is 53.4 Å². The van der Waals surface area contributed by atoms with Gasteiger partial charge in [-0.25, -0.2) is 15.0 Å². The summed E-state index contributed by atoms with van der Waals surface area (Å²) in [5.41, 5.74) is 7.28. The number of benzene rings is 2. The van der Waals surface area contributed by atoms with Gasteiger partial charge in [0.15, 0.2) is 5.43 Å². The number of nitrogens with zero attached hydrogens (tertiary/aromatic N) is 3. The fourth-order valence-corrected chi connectivity index (χ4v) is 6.97. The summed E-state index contributed by atoms with van der Waals surface area (Å²) in [4.78, 5) is 29.8. The molecular weight excluding hydrogens is 612 g/mol. The summed E-state index contributed by atoms with van der Waals surface area (Å²) < 4.78 is 10.7. The van der Waals surface area contributed by atoms with Crippen LogP contribution in [0.5, 0.6) is 11.5 Å². The van der Waals surface area contributed by atoms with Crippen molar-refractivity contribution in [3.63, 3.8) is 0 Å². The van der Waals surface area contributed by atoms with Crippen LogP contribution in [-0.2, 0) is 0 Å². The molecule has 0 unspecified atom stereocenters. The minimum Gasteiger partial charge on any atom is -0.496 e. The second kappa shape index (κ2) is 13.1. The first-order valence-electron chi connectivity index (χ1n) is 14.3. The van der Waals surface area contributed by atoms with Gasteiger partial charge in [-0.05, 0) is 56.0 Å². The van der Waals surface area contributed by atoms with Crippen LogP contribution in [0, 0.1) is 13.8 Å². The van der Waals surface area contributed by atoms with Gasteiger partial charge in [-0.1, -0.05) is 39.3 Å². The van der Waals surface area contributed by atoms with Gasteiger partial charge in [0.1, 0.15) is 27.2 Å². The van der Waals surface area contributed by atoms with Crippen molar-refractivity contribution in [2.24, 2.45) is 0 Å². The van der Waals surface area contributed by atoms with Crippen molar-refractivity contribution in [2.75, 3.05) is 14.2 Å². The number of methoxy groups -OCH3 is 2. The molecule has 6 aromatic rings. The molecule has 0 spiro atoms. The number of fused-ring (bicyclic) bond motifs is 2. The van der Waals surface area contributed by atoms with Crippen LogP contribution in [0.3, 0.4) is 0 Å². The summed E-state index contributed by atoms with van der Waals surface area (Å²) >= 11 is 9.60. The summed E-state index contributed by atoms with van der Waals surface area (Å²) in [6.07, 6.45) is 0. The number of halogens is 1. The van der Waals surface area contributed by atoms with Crippen LogP contribution >= 0.6 is 34.3 Å². The van der Waals surface area contributed by atoms with Gasteiger partial charge in [0, 0.05) is 38.7 Å². The molecule has 0 aliphatic carbocycles. The summed E-state index contributed by atoms with van der Waals surface area (Å²) in [6.45, 7) is 12.4. The van der Waals surface area contributed by atoms with Crippen molar-refractivity contribution in [1.82, 2.24) is 19.9 Å². The van der Waals surface area contributed by atoms with Gasteiger partial charge in [-0.15, -0.1) is 22.7 Å². The Morgan fingerprint density at radius 2 is 1.34 bits per heavy atom. The van der Waals surface area contributed by atoms with E-state index >= 15 is 0 Å². The first kappa shape index (κ1) is 31.6. The number of aromatic nitrogens is 4. The lowest BCUT2D eigenvalue weighted by Gasteiger charge is -2.10. The number of nitrogens with one attached hydrogen (secondary N) is 1. The molecule has 44 heavy (non-hydrogen) atoms. The average Bonchev–Trinajstić information content (AvgIpc) is 3.70. The van der Waals surface area contributed by atoms with Gasteiger partial charge in [-0.3, -0.25) is 4.79 Å². The molecule has 0 saturated heterocycles. The van der Waals surface area contributed by atoms with E-state index in [2.05, 4.69) is 48.0 Å². The third-order valence-corrected chi connectivity index (χ3v) is 9.56. The molecule has 7 nitrogen and oxygen atoms in total. The van der Waals surface area contributed by atoms with Crippen LogP contribution in [0.15, 0.2) is 52.0 Å². The maximum Gasteiger partial charge on any atom is 0.190 e. The molecule has 0 aliphatic rings. The van der Waals surface area contributed by atoms with E-state index in [-0.39, 0.29) is 5.43 Å². The lowest BCUT2D eigenvalue weighted by Crippen LogP contribution is -2.04. The Bertz CT molecular complexity index is 2030. The Balaban J connectivity index is 0.000000175. The molecule has 0 radical (unpaired) electrons. The highest BCUT2D eigenvalue weighted by atomic mass is 35.5. The number of aromatic amines is 1. The number of H-pyrrole nitrogens is 1. The van der Waals surface area contributed by atoms with Crippen molar-refractivity contribution in [3.05, 3.63) is 84.9 Å². The van der Waals surface area contributed by atoms with Crippen molar-refractivity contribution in [1.29, 1.82) is 0 Å². The quantitative estimate of drug-likeness (QED) is 0.194. The Hall–Kier alpha value is -3.79. The van der Waals surface area contributed by atoms with E-state index in [9.17, 15) is 4.79 Å². The molecule has 228 valence electrons. The molecule has 0 fully saturated rings. The lowest BCUT2D eigenvalue weighted by molar-refractivity contribution is 0.412. The number of rotatable bonds is 6. The fraction of sp³-hybridized carbons (Fsp3) is 0.294. The van der Waals surface area contributed by atoms with Crippen LogP contribution in [-0.4, -0.2) is 34.2 Å².